The molecule has 0 bridgehead atoms. The van der Waals surface area contributed by atoms with Gasteiger partial charge in [-0.1, -0.05) is 6.92 Å². The molecule has 1 rings (SSSR count). The summed E-state index contributed by atoms with van der Waals surface area (Å²) in [5, 5.41) is 2.56. The summed E-state index contributed by atoms with van der Waals surface area (Å²) >= 11 is 0. The molecule has 1 saturated carbocycles. The summed E-state index contributed by atoms with van der Waals surface area (Å²) in [6, 6.07) is -0.163. The van der Waals surface area contributed by atoms with E-state index in [0.29, 0.717) is 5.92 Å². The molecule has 0 spiro atoms. The fourth-order valence-electron chi connectivity index (χ4n) is 2.34. The van der Waals surface area contributed by atoms with Crippen molar-refractivity contribution in [1.29, 1.82) is 0 Å². The van der Waals surface area contributed by atoms with Crippen LogP contribution >= 0.6 is 0 Å². The van der Waals surface area contributed by atoms with E-state index in [9.17, 15) is 18.0 Å². The van der Waals surface area contributed by atoms with Crippen LogP contribution in [0.2, 0.25) is 0 Å². The van der Waals surface area contributed by atoms with Crippen molar-refractivity contribution in [3.05, 3.63) is 0 Å². The molecular weight excluding hydrogens is 245 g/mol. The van der Waals surface area contributed by atoms with Gasteiger partial charge >= 0.3 is 6.18 Å². The molecule has 1 aliphatic carbocycles. The number of nitrogens with one attached hydrogen (secondary N) is 1. The molecule has 0 aromatic heterocycles. The number of amides is 1. The van der Waals surface area contributed by atoms with Crippen LogP contribution in [-0.2, 0) is 4.79 Å². The van der Waals surface area contributed by atoms with Gasteiger partial charge in [-0.05, 0) is 31.6 Å². The topological polar surface area (TPSA) is 55.1 Å². The number of nitrogens with two attached hydrogens (primary N) is 1. The van der Waals surface area contributed by atoms with Crippen molar-refractivity contribution < 1.29 is 18.0 Å². The maximum atomic E-state index is 11.9. The van der Waals surface area contributed by atoms with Gasteiger partial charge in [0.1, 0.15) is 0 Å². The molecule has 0 heterocycles. The van der Waals surface area contributed by atoms with Gasteiger partial charge < -0.3 is 11.1 Å². The summed E-state index contributed by atoms with van der Waals surface area (Å²) in [5.41, 5.74) is 5.87. The lowest BCUT2D eigenvalue weighted by Gasteiger charge is -2.31. The van der Waals surface area contributed by atoms with Gasteiger partial charge in [0.25, 0.3) is 0 Å². The molecule has 6 heteroatoms. The van der Waals surface area contributed by atoms with Crippen molar-refractivity contribution >= 4 is 5.91 Å². The second-order valence-electron chi connectivity index (χ2n) is 5.20. The Bertz CT molecular complexity index is 281. The standard InChI is InChI=1S/C12H21F3N2O/c1-8-3-4-10(16)9(7-8)11(18)17-6-2-5-12(13,14)15/h8-10H,2-7,16H2,1H3,(H,17,18). The van der Waals surface area contributed by atoms with E-state index in [4.69, 9.17) is 5.73 Å². The van der Waals surface area contributed by atoms with Gasteiger partial charge in [-0.2, -0.15) is 13.2 Å². The molecule has 1 amide bonds. The van der Waals surface area contributed by atoms with E-state index < -0.39 is 12.6 Å². The second kappa shape index (κ2) is 6.41. The van der Waals surface area contributed by atoms with Crippen molar-refractivity contribution in [2.45, 2.75) is 51.2 Å². The Hall–Kier alpha value is -0.780. The van der Waals surface area contributed by atoms with Gasteiger partial charge in [0.15, 0.2) is 0 Å². The maximum Gasteiger partial charge on any atom is 0.389 e. The molecule has 1 fully saturated rings. The van der Waals surface area contributed by atoms with Crippen LogP contribution in [0.4, 0.5) is 13.2 Å². The predicted molar refractivity (Wildman–Crippen MR) is 62.8 cm³/mol. The van der Waals surface area contributed by atoms with Crippen molar-refractivity contribution in [1.82, 2.24) is 5.32 Å². The molecule has 0 aliphatic heterocycles. The largest absolute Gasteiger partial charge is 0.389 e. The van der Waals surface area contributed by atoms with Crippen LogP contribution in [-0.4, -0.2) is 24.7 Å². The average Bonchev–Trinajstić information content (AvgIpc) is 2.26. The molecule has 3 N–H and O–H groups in total. The first-order valence-electron chi connectivity index (χ1n) is 6.39. The summed E-state index contributed by atoms with van der Waals surface area (Å²) in [6.45, 7) is 2.13. The zero-order chi connectivity index (χ0) is 13.8. The zero-order valence-electron chi connectivity index (χ0n) is 10.6. The van der Waals surface area contributed by atoms with Crippen LogP contribution in [0.25, 0.3) is 0 Å². The highest BCUT2D eigenvalue weighted by Gasteiger charge is 2.31. The van der Waals surface area contributed by atoms with E-state index in [2.05, 4.69) is 12.2 Å². The van der Waals surface area contributed by atoms with E-state index in [1.165, 1.54) is 0 Å². The zero-order valence-corrected chi connectivity index (χ0v) is 10.6. The number of carbonyl (C=O) groups excluding carboxylic acids is 1. The third kappa shape index (κ3) is 5.25. The van der Waals surface area contributed by atoms with E-state index in [1.807, 2.05) is 0 Å². The smallest absolute Gasteiger partial charge is 0.356 e. The quantitative estimate of drug-likeness (QED) is 0.766. The molecule has 0 radical (unpaired) electrons. The molecule has 0 saturated heterocycles. The molecule has 18 heavy (non-hydrogen) atoms. The lowest BCUT2D eigenvalue weighted by molar-refractivity contribution is -0.136. The fraction of sp³-hybridized carbons (Fsp3) is 0.917. The lowest BCUT2D eigenvalue weighted by Crippen LogP contribution is -2.45. The third-order valence-electron chi connectivity index (χ3n) is 3.44. The van der Waals surface area contributed by atoms with E-state index in [1.54, 1.807) is 0 Å². The summed E-state index contributed by atoms with van der Waals surface area (Å²) in [5.74, 6) is 0.00610. The van der Waals surface area contributed by atoms with Gasteiger partial charge in [-0.25, -0.2) is 0 Å². The Morgan fingerprint density at radius 3 is 2.67 bits per heavy atom. The van der Waals surface area contributed by atoms with Gasteiger partial charge in [-0.3, -0.25) is 4.79 Å². The van der Waals surface area contributed by atoms with Crippen molar-refractivity contribution in [3.63, 3.8) is 0 Å². The summed E-state index contributed by atoms with van der Waals surface area (Å²) < 4.78 is 35.7. The van der Waals surface area contributed by atoms with Crippen molar-refractivity contribution in [2.75, 3.05) is 6.54 Å². The normalized spacial score (nSPS) is 29.1. The molecule has 3 nitrogen and oxygen atoms in total. The van der Waals surface area contributed by atoms with Crippen LogP contribution < -0.4 is 11.1 Å². The highest BCUT2D eigenvalue weighted by molar-refractivity contribution is 5.79. The van der Waals surface area contributed by atoms with Crippen molar-refractivity contribution in [2.24, 2.45) is 17.6 Å². The number of hydrogen-bond donors (Lipinski definition) is 2. The van der Waals surface area contributed by atoms with Crippen molar-refractivity contribution in [3.8, 4) is 0 Å². The summed E-state index contributed by atoms with van der Waals surface area (Å²) in [7, 11) is 0. The number of carbonyl (C=O) groups is 1. The first-order chi connectivity index (χ1) is 8.29. The van der Waals surface area contributed by atoms with Gasteiger partial charge in [0.2, 0.25) is 5.91 Å². The Kier molecular flexibility index (Phi) is 5.44. The maximum absolute atomic E-state index is 11.9. The monoisotopic (exact) mass is 266 g/mol. The van der Waals surface area contributed by atoms with Crippen LogP contribution in [0, 0.1) is 11.8 Å². The minimum atomic E-state index is -4.15. The molecule has 3 unspecified atom stereocenters. The SMILES string of the molecule is CC1CCC(N)C(C(=O)NCCCC(F)(F)F)C1. The van der Waals surface area contributed by atoms with E-state index in [0.717, 1.165) is 19.3 Å². The minimum absolute atomic E-state index is 0.0654. The molecule has 106 valence electrons. The second-order valence-corrected chi connectivity index (χ2v) is 5.20. The minimum Gasteiger partial charge on any atom is -0.356 e. The highest BCUT2D eigenvalue weighted by Crippen LogP contribution is 2.28. The third-order valence-corrected chi connectivity index (χ3v) is 3.44. The van der Waals surface area contributed by atoms with Crippen LogP contribution in [0.5, 0.6) is 0 Å². The number of halogens is 3. The van der Waals surface area contributed by atoms with Crippen LogP contribution in [0.1, 0.15) is 39.0 Å². The Labute approximate surface area is 105 Å². The van der Waals surface area contributed by atoms with Crippen LogP contribution in [0.15, 0.2) is 0 Å². The molecular formula is C12H21F3N2O. The summed E-state index contributed by atoms with van der Waals surface area (Å²) in [6.07, 6.45) is -2.54. The number of hydrogen-bond acceptors (Lipinski definition) is 2. The van der Waals surface area contributed by atoms with Gasteiger partial charge in [0, 0.05) is 19.0 Å². The lowest BCUT2D eigenvalue weighted by atomic mass is 9.79. The Morgan fingerprint density at radius 2 is 2.06 bits per heavy atom. The predicted octanol–water partition coefficient (Wildman–Crippen LogP) is 2.21. The molecule has 3 atom stereocenters. The number of rotatable bonds is 4. The fourth-order valence-corrected chi connectivity index (χ4v) is 2.34. The molecule has 0 aromatic rings. The molecule has 0 aromatic carbocycles. The number of alkyl halides is 3. The Balaban J connectivity index is 2.27. The van der Waals surface area contributed by atoms with Gasteiger partial charge in [-0.15, -0.1) is 0 Å². The van der Waals surface area contributed by atoms with Gasteiger partial charge in [0.05, 0.1) is 5.92 Å². The highest BCUT2D eigenvalue weighted by atomic mass is 19.4. The Morgan fingerprint density at radius 1 is 1.39 bits per heavy atom. The molecule has 1 aliphatic rings. The first kappa shape index (κ1) is 15.3. The average molecular weight is 266 g/mol. The van der Waals surface area contributed by atoms with Crippen LogP contribution in [0.3, 0.4) is 0 Å². The van der Waals surface area contributed by atoms with E-state index >= 15 is 0 Å². The summed E-state index contributed by atoms with van der Waals surface area (Å²) in [4.78, 5) is 11.8. The first-order valence-corrected chi connectivity index (χ1v) is 6.39. The van der Waals surface area contributed by atoms with E-state index in [-0.39, 0.29) is 30.8 Å².